The van der Waals surface area contributed by atoms with Crippen LogP contribution in [0.1, 0.15) is 63.4 Å². The van der Waals surface area contributed by atoms with Crippen LogP contribution in [0, 0.1) is 11.8 Å². The number of amides is 2. The smallest absolute Gasteiger partial charge is 0.223 e. The van der Waals surface area contributed by atoms with Crippen LogP contribution in [-0.2, 0) is 16.0 Å². The molecule has 0 spiro atoms. The first-order valence-corrected chi connectivity index (χ1v) is 11.0. The van der Waals surface area contributed by atoms with E-state index in [0.29, 0.717) is 6.54 Å². The molecule has 3 rings (SSSR count). The van der Waals surface area contributed by atoms with E-state index in [2.05, 4.69) is 28.8 Å². The third kappa shape index (κ3) is 6.50. The summed E-state index contributed by atoms with van der Waals surface area (Å²) >= 11 is 0. The largest absolute Gasteiger partial charge is 0.356 e. The van der Waals surface area contributed by atoms with Crippen molar-refractivity contribution in [2.75, 3.05) is 13.1 Å². The Morgan fingerprint density at radius 2 is 1.43 bits per heavy atom. The zero-order chi connectivity index (χ0) is 19.6. The van der Waals surface area contributed by atoms with E-state index >= 15 is 0 Å². The number of carbonyl (C=O) groups excluding carboxylic acids is 2. The molecule has 1 aromatic rings. The SMILES string of the molecule is O=C(NCCC1=CCCCC1)C1CCC(C(=O)NCCc2ccccc2)CC1. The normalized spacial score (nSPS) is 22.2. The molecule has 0 bridgehead atoms. The molecule has 2 amide bonds. The quantitative estimate of drug-likeness (QED) is 0.663. The van der Waals surface area contributed by atoms with E-state index in [1.165, 1.54) is 36.8 Å². The predicted molar refractivity (Wildman–Crippen MR) is 113 cm³/mol. The third-order valence-corrected chi connectivity index (χ3v) is 6.15. The second kappa shape index (κ2) is 11.0. The number of hydrogen-bond acceptors (Lipinski definition) is 2. The number of carbonyl (C=O) groups is 2. The molecule has 4 nitrogen and oxygen atoms in total. The minimum Gasteiger partial charge on any atom is -0.356 e. The molecule has 2 N–H and O–H groups in total. The van der Waals surface area contributed by atoms with Crippen molar-refractivity contribution in [2.24, 2.45) is 11.8 Å². The number of benzene rings is 1. The lowest BCUT2D eigenvalue weighted by atomic mass is 9.81. The third-order valence-electron chi connectivity index (χ3n) is 6.15. The maximum Gasteiger partial charge on any atom is 0.223 e. The van der Waals surface area contributed by atoms with Gasteiger partial charge in [0.25, 0.3) is 0 Å². The first-order valence-electron chi connectivity index (χ1n) is 11.0. The van der Waals surface area contributed by atoms with Crippen molar-refractivity contribution < 1.29 is 9.59 Å². The lowest BCUT2D eigenvalue weighted by Gasteiger charge is -2.27. The zero-order valence-corrected chi connectivity index (χ0v) is 16.9. The molecule has 4 heteroatoms. The average molecular weight is 383 g/mol. The van der Waals surface area contributed by atoms with Crippen molar-refractivity contribution in [3.05, 3.63) is 47.5 Å². The van der Waals surface area contributed by atoms with Crippen LogP contribution in [0.2, 0.25) is 0 Å². The highest BCUT2D eigenvalue weighted by Crippen LogP contribution is 2.29. The van der Waals surface area contributed by atoms with E-state index in [1.807, 2.05) is 18.2 Å². The zero-order valence-electron chi connectivity index (χ0n) is 16.9. The van der Waals surface area contributed by atoms with Crippen LogP contribution in [0.25, 0.3) is 0 Å². The highest BCUT2D eigenvalue weighted by Gasteiger charge is 2.29. The summed E-state index contributed by atoms with van der Waals surface area (Å²) in [6, 6.07) is 10.2. The van der Waals surface area contributed by atoms with Gasteiger partial charge in [-0.3, -0.25) is 9.59 Å². The number of hydrogen-bond donors (Lipinski definition) is 2. The average Bonchev–Trinajstić information content (AvgIpc) is 2.75. The Morgan fingerprint density at radius 1 is 0.821 bits per heavy atom. The summed E-state index contributed by atoms with van der Waals surface area (Å²) in [7, 11) is 0. The summed E-state index contributed by atoms with van der Waals surface area (Å²) < 4.78 is 0. The van der Waals surface area contributed by atoms with Gasteiger partial charge < -0.3 is 10.6 Å². The van der Waals surface area contributed by atoms with Gasteiger partial charge in [0, 0.05) is 24.9 Å². The second-order valence-electron chi connectivity index (χ2n) is 8.22. The summed E-state index contributed by atoms with van der Waals surface area (Å²) in [5.74, 6) is 0.472. The fraction of sp³-hybridized carbons (Fsp3) is 0.583. The van der Waals surface area contributed by atoms with Crippen LogP contribution in [0.15, 0.2) is 42.0 Å². The summed E-state index contributed by atoms with van der Waals surface area (Å²) in [5, 5.41) is 6.19. The molecule has 1 aromatic carbocycles. The monoisotopic (exact) mass is 382 g/mol. The highest BCUT2D eigenvalue weighted by atomic mass is 16.2. The summed E-state index contributed by atoms with van der Waals surface area (Å²) in [4.78, 5) is 24.8. The highest BCUT2D eigenvalue weighted by molar-refractivity contribution is 5.81. The van der Waals surface area contributed by atoms with Gasteiger partial charge in [-0.25, -0.2) is 0 Å². The van der Waals surface area contributed by atoms with Crippen molar-refractivity contribution >= 4 is 11.8 Å². The molecule has 152 valence electrons. The number of rotatable bonds is 8. The van der Waals surface area contributed by atoms with E-state index in [-0.39, 0.29) is 23.7 Å². The Morgan fingerprint density at radius 3 is 2.00 bits per heavy atom. The topological polar surface area (TPSA) is 58.2 Å². The van der Waals surface area contributed by atoms with Crippen LogP contribution >= 0.6 is 0 Å². The fourth-order valence-corrected chi connectivity index (χ4v) is 4.36. The van der Waals surface area contributed by atoms with Crippen LogP contribution in [0.5, 0.6) is 0 Å². The van der Waals surface area contributed by atoms with Crippen molar-refractivity contribution in [3.63, 3.8) is 0 Å². The molecule has 28 heavy (non-hydrogen) atoms. The molecule has 0 aliphatic heterocycles. The molecular weight excluding hydrogens is 348 g/mol. The maximum atomic E-state index is 12.4. The molecule has 1 saturated carbocycles. The van der Waals surface area contributed by atoms with Crippen LogP contribution < -0.4 is 10.6 Å². The summed E-state index contributed by atoms with van der Waals surface area (Å²) in [5.41, 5.74) is 2.75. The second-order valence-corrected chi connectivity index (χ2v) is 8.22. The van der Waals surface area contributed by atoms with Gasteiger partial charge in [0.2, 0.25) is 11.8 Å². The van der Waals surface area contributed by atoms with E-state index < -0.39 is 0 Å². The van der Waals surface area contributed by atoms with Crippen molar-refractivity contribution in [3.8, 4) is 0 Å². The summed E-state index contributed by atoms with van der Waals surface area (Å²) in [6.07, 6.45) is 12.5. The summed E-state index contributed by atoms with van der Waals surface area (Å²) in [6.45, 7) is 1.43. The standard InChI is InChI=1S/C24H34N2O2/c27-23(25-17-15-19-7-3-1-4-8-19)21-11-13-22(14-12-21)24(28)26-18-16-20-9-5-2-6-10-20/h1,3-4,7-9,21-22H,2,5-6,10-18H2,(H,25,27)(H,26,28). The maximum absolute atomic E-state index is 12.4. The van der Waals surface area contributed by atoms with Gasteiger partial charge in [-0.15, -0.1) is 0 Å². The Labute approximate surface area is 169 Å². The van der Waals surface area contributed by atoms with E-state index in [1.54, 1.807) is 0 Å². The van der Waals surface area contributed by atoms with Gasteiger partial charge in [0.15, 0.2) is 0 Å². The van der Waals surface area contributed by atoms with E-state index in [0.717, 1.165) is 45.1 Å². The lowest BCUT2D eigenvalue weighted by molar-refractivity contribution is -0.130. The molecule has 0 atom stereocenters. The molecular formula is C24H34N2O2. The van der Waals surface area contributed by atoms with Crippen molar-refractivity contribution in [2.45, 2.75) is 64.2 Å². The first kappa shape index (κ1) is 20.6. The van der Waals surface area contributed by atoms with Gasteiger partial charge in [-0.2, -0.15) is 0 Å². The first-order chi connectivity index (χ1) is 13.7. The Kier molecular flexibility index (Phi) is 8.13. The Hall–Kier alpha value is -2.10. The molecule has 0 aromatic heterocycles. The van der Waals surface area contributed by atoms with E-state index in [4.69, 9.17) is 0 Å². The molecule has 0 radical (unpaired) electrons. The van der Waals surface area contributed by atoms with E-state index in [9.17, 15) is 9.59 Å². The number of nitrogens with one attached hydrogen (secondary N) is 2. The molecule has 2 aliphatic carbocycles. The van der Waals surface area contributed by atoms with Crippen LogP contribution in [-0.4, -0.2) is 24.9 Å². The van der Waals surface area contributed by atoms with Gasteiger partial charge in [-0.05, 0) is 69.8 Å². The Balaban J connectivity index is 1.30. The fourth-order valence-electron chi connectivity index (χ4n) is 4.36. The van der Waals surface area contributed by atoms with Crippen molar-refractivity contribution in [1.82, 2.24) is 10.6 Å². The lowest BCUT2D eigenvalue weighted by Crippen LogP contribution is -2.38. The van der Waals surface area contributed by atoms with Gasteiger partial charge in [0.1, 0.15) is 0 Å². The van der Waals surface area contributed by atoms with Gasteiger partial charge >= 0.3 is 0 Å². The molecule has 2 aliphatic rings. The molecule has 0 heterocycles. The number of allylic oxidation sites excluding steroid dienone is 1. The van der Waals surface area contributed by atoms with Crippen molar-refractivity contribution in [1.29, 1.82) is 0 Å². The Bertz CT molecular complexity index is 660. The van der Waals surface area contributed by atoms with Gasteiger partial charge in [0.05, 0.1) is 0 Å². The predicted octanol–water partition coefficient (Wildman–Crippen LogP) is 4.16. The van der Waals surface area contributed by atoms with Crippen LogP contribution in [0.4, 0.5) is 0 Å². The van der Waals surface area contributed by atoms with Crippen LogP contribution in [0.3, 0.4) is 0 Å². The molecule has 1 fully saturated rings. The molecule has 0 unspecified atom stereocenters. The minimum absolute atomic E-state index is 0.0622. The van der Waals surface area contributed by atoms with Gasteiger partial charge in [-0.1, -0.05) is 42.0 Å². The minimum atomic E-state index is 0.0622. The molecule has 0 saturated heterocycles.